The third kappa shape index (κ3) is 7.31. The minimum atomic E-state index is -0.0795. The number of methoxy groups -OCH3 is 1. The summed E-state index contributed by atoms with van der Waals surface area (Å²) < 4.78 is 4.95. The lowest BCUT2D eigenvalue weighted by atomic mass is 9.89. The molecule has 6 heteroatoms. The lowest BCUT2D eigenvalue weighted by molar-refractivity contribution is -0.124. The number of fused-ring (bicyclic) bond motifs is 1. The first-order chi connectivity index (χ1) is 13.0. The maximum absolute atomic E-state index is 12.3. The van der Waals surface area contributed by atoms with Gasteiger partial charge < -0.3 is 15.4 Å². The number of aryl methyl sites for hydroxylation is 2. The molecule has 0 saturated heterocycles. The van der Waals surface area contributed by atoms with E-state index < -0.39 is 0 Å². The quantitative estimate of drug-likeness (QED) is 0.612. The van der Waals surface area contributed by atoms with Crippen LogP contribution in [-0.2, 0) is 27.2 Å². The Morgan fingerprint density at radius 1 is 1.15 bits per heavy atom. The zero-order valence-corrected chi connectivity index (χ0v) is 16.8. The SMILES string of the molecule is COCCCNC(=O)CN(C)CC(=O)NC(C)c1ccc2c(c1)CCCC2. The molecule has 2 rings (SSSR count). The minimum absolute atomic E-state index is 0.0407. The molecule has 0 spiro atoms. The Hall–Kier alpha value is -1.92. The molecule has 0 fully saturated rings. The average Bonchev–Trinajstić information content (AvgIpc) is 2.64. The Kier molecular flexibility index (Phi) is 8.75. The highest BCUT2D eigenvalue weighted by atomic mass is 16.5. The third-order valence-electron chi connectivity index (χ3n) is 4.92. The van der Waals surface area contributed by atoms with Crippen LogP contribution in [0.4, 0.5) is 0 Å². The first-order valence-electron chi connectivity index (χ1n) is 9.85. The Morgan fingerprint density at radius 2 is 1.85 bits per heavy atom. The molecule has 150 valence electrons. The molecule has 2 amide bonds. The predicted molar refractivity (Wildman–Crippen MR) is 107 cm³/mol. The smallest absolute Gasteiger partial charge is 0.234 e. The summed E-state index contributed by atoms with van der Waals surface area (Å²) in [6.07, 6.45) is 5.59. The molecule has 0 radical (unpaired) electrons. The number of carbonyl (C=O) groups is 2. The highest BCUT2D eigenvalue weighted by Crippen LogP contribution is 2.24. The van der Waals surface area contributed by atoms with Crippen molar-refractivity contribution in [2.75, 3.05) is 40.4 Å². The van der Waals surface area contributed by atoms with Crippen LogP contribution in [0.3, 0.4) is 0 Å². The number of hydrogen-bond acceptors (Lipinski definition) is 4. The molecule has 1 aliphatic rings. The highest BCUT2D eigenvalue weighted by Gasteiger charge is 2.16. The van der Waals surface area contributed by atoms with Gasteiger partial charge in [0.15, 0.2) is 0 Å². The largest absolute Gasteiger partial charge is 0.385 e. The molecule has 0 heterocycles. The summed E-state index contributed by atoms with van der Waals surface area (Å²) in [7, 11) is 3.41. The van der Waals surface area contributed by atoms with E-state index in [1.165, 1.54) is 24.0 Å². The van der Waals surface area contributed by atoms with Gasteiger partial charge in [0.2, 0.25) is 11.8 Å². The van der Waals surface area contributed by atoms with Crippen molar-refractivity contribution >= 4 is 11.8 Å². The highest BCUT2D eigenvalue weighted by molar-refractivity contribution is 5.81. The molecule has 1 aromatic rings. The third-order valence-corrected chi connectivity index (χ3v) is 4.92. The number of hydrogen-bond donors (Lipinski definition) is 2. The van der Waals surface area contributed by atoms with E-state index in [9.17, 15) is 9.59 Å². The number of rotatable bonds is 10. The van der Waals surface area contributed by atoms with Gasteiger partial charge in [-0.05, 0) is 62.8 Å². The normalized spacial score (nSPS) is 14.5. The molecule has 1 atom stereocenters. The molecule has 6 nitrogen and oxygen atoms in total. The molecule has 1 unspecified atom stereocenters. The molecule has 2 N–H and O–H groups in total. The van der Waals surface area contributed by atoms with E-state index in [1.54, 1.807) is 19.1 Å². The summed E-state index contributed by atoms with van der Waals surface area (Å²) in [6, 6.07) is 6.51. The van der Waals surface area contributed by atoms with E-state index in [0.717, 1.165) is 24.8 Å². The van der Waals surface area contributed by atoms with Crippen molar-refractivity contribution in [3.05, 3.63) is 34.9 Å². The second-order valence-electron chi connectivity index (χ2n) is 7.39. The van der Waals surface area contributed by atoms with Crippen LogP contribution in [-0.4, -0.2) is 57.1 Å². The van der Waals surface area contributed by atoms with Crippen LogP contribution in [0.15, 0.2) is 18.2 Å². The maximum atomic E-state index is 12.3. The summed E-state index contributed by atoms with van der Waals surface area (Å²) in [5.41, 5.74) is 4.00. The molecule has 0 aromatic heterocycles. The van der Waals surface area contributed by atoms with Crippen molar-refractivity contribution < 1.29 is 14.3 Å². The number of nitrogens with zero attached hydrogens (tertiary/aromatic N) is 1. The van der Waals surface area contributed by atoms with Gasteiger partial charge in [-0.2, -0.15) is 0 Å². The van der Waals surface area contributed by atoms with E-state index in [1.807, 2.05) is 6.92 Å². The Morgan fingerprint density at radius 3 is 2.59 bits per heavy atom. The van der Waals surface area contributed by atoms with Gasteiger partial charge >= 0.3 is 0 Å². The van der Waals surface area contributed by atoms with Crippen molar-refractivity contribution in [1.82, 2.24) is 15.5 Å². The van der Waals surface area contributed by atoms with Crippen LogP contribution < -0.4 is 10.6 Å². The maximum Gasteiger partial charge on any atom is 0.234 e. The van der Waals surface area contributed by atoms with Gasteiger partial charge in [-0.25, -0.2) is 0 Å². The summed E-state index contributed by atoms with van der Waals surface area (Å²) in [5.74, 6) is -0.154. The van der Waals surface area contributed by atoms with Crippen LogP contribution in [0, 0.1) is 0 Å². The molecular formula is C21H33N3O3. The van der Waals surface area contributed by atoms with Crippen molar-refractivity contribution in [3.63, 3.8) is 0 Å². The Bertz CT molecular complexity index is 633. The van der Waals surface area contributed by atoms with Crippen LogP contribution in [0.25, 0.3) is 0 Å². The second-order valence-corrected chi connectivity index (χ2v) is 7.39. The van der Waals surface area contributed by atoms with Crippen molar-refractivity contribution in [3.8, 4) is 0 Å². The first kappa shape index (κ1) is 21.4. The number of amides is 2. The van der Waals surface area contributed by atoms with E-state index in [4.69, 9.17) is 4.74 Å². The molecule has 0 aliphatic heterocycles. The molecular weight excluding hydrogens is 342 g/mol. The molecule has 0 bridgehead atoms. The first-order valence-corrected chi connectivity index (χ1v) is 9.85. The van der Waals surface area contributed by atoms with Crippen LogP contribution >= 0.6 is 0 Å². The Balaban J connectivity index is 1.75. The van der Waals surface area contributed by atoms with Gasteiger partial charge in [-0.1, -0.05) is 18.2 Å². The topological polar surface area (TPSA) is 70.7 Å². The summed E-state index contributed by atoms with van der Waals surface area (Å²) in [5, 5.41) is 5.86. The monoisotopic (exact) mass is 375 g/mol. The molecule has 27 heavy (non-hydrogen) atoms. The van der Waals surface area contributed by atoms with Crippen molar-refractivity contribution in [2.45, 2.75) is 45.1 Å². The van der Waals surface area contributed by atoms with E-state index in [0.29, 0.717) is 13.2 Å². The predicted octanol–water partition coefficient (Wildman–Crippen LogP) is 1.83. The van der Waals surface area contributed by atoms with Crippen molar-refractivity contribution in [2.24, 2.45) is 0 Å². The average molecular weight is 376 g/mol. The molecule has 1 aliphatic carbocycles. The van der Waals surface area contributed by atoms with Gasteiger partial charge in [-0.15, -0.1) is 0 Å². The number of carbonyl (C=O) groups excluding carboxylic acids is 2. The zero-order chi connectivity index (χ0) is 19.6. The fourth-order valence-electron chi connectivity index (χ4n) is 3.44. The van der Waals surface area contributed by atoms with E-state index >= 15 is 0 Å². The number of ether oxygens (including phenoxy) is 1. The van der Waals surface area contributed by atoms with E-state index in [-0.39, 0.29) is 30.9 Å². The van der Waals surface area contributed by atoms with Gasteiger partial charge in [-0.3, -0.25) is 14.5 Å². The number of benzene rings is 1. The minimum Gasteiger partial charge on any atom is -0.385 e. The van der Waals surface area contributed by atoms with E-state index in [2.05, 4.69) is 28.8 Å². The molecule has 0 saturated carbocycles. The Labute approximate surface area is 162 Å². The van der Waals surface area contributed by atoms with Crippen LogP contribution in [0.5, 0.6) is 0 Å². The van der Waals surface area contributed by atoms with Gasteiger partial charge in [0.25, 0.3) is 0 Å². The van der Waals surface area contributed by atoms with Gasteiger partial charge in [0, 0.05) is 20.3 Å². The number of likely N-dealkylation sites (N-methyl/N-ethyl adjacent to an activating group) is 1. The summed E-state index contributed by atoms with van der Waals surface area (Å²) in [4.78, 5) is 25.9. The number of nitrogens with one attached hydrogen (secondary N) is 2. The zero-order valence-electron chi connectivity index (χ0n) is 16.8. The second kappa shape index (κ2) is 11.0. The molecule has 1 aromatic carbocycles. The van der Waals surface area contributed by atoms with Crippen LogP contribution in [0.2, 0.25) is 0 Å². The summed E-state index contributed by atoms with van der Waals surface area (Å²) in [6.45, 7) is 3.61. The fraction of sp³-hybridized carbons (Fsp3) is 0.619. The lowest BCUT2D eigenvalue weighted by Crippen LogP contribution is -2.41. The lowest BCUT2D eigenvalue weighted by Gasteiger charge is -2.21. The van der Waals surface area contributed by atoms with Crippen LogP contribution in [0.1, 0.15) is 48.9 Å². The fourth-order valence-corrected chi connectivity index (χ4v) is 3.44. The van der Waals surface area contributed by atoms with Gasteiger partial charge in [0.1, 0.15) is 0 Å². The standard InChI is InChI=1S/C21H33N3O3/c1-16(18-10-9-17-7-4-5-8-19(17)13-18)23-21(26)15-24(2)14-20(25)22-11-6-12-27-3/h9-10,13,16H,4-8,11-12,14-15H2,1-3H3,(H,22,25)(H,23,26). The van der Waals surface area contributed by atoms with Crippen molar-refractivity contribution in [1.29, 1.82) is 0 Å². The van der Waals surface area contributed by atoms with Gasteiger partial charge in [0.05, 0.1) is 19.1 Å². The summed E-state index contributed by atoms with van der Waals surface area (Å²) >= 11 is 0.